The molecule has 2 aromatic heterocycles. The molecular weight excluding hydrogens is 427 g/mol. The summed E-state index contributed by atoms with van der Waals surface area (Å²) in [5.74, 6) is -2.79. The van der Waals surface area contributed by atoms with Crippen molar-refractivity contribution in [1.82, 2.24) is 24.3 Å². The number of H-pyrrole nitrogens is 1. The molecule has 1 aliphatic heterocycles. The molecule has 0 aliphatic carbocycles. The number of hydrogen-bond donors (Lipinski definition) is 2. The maximum atomic E-state index is 12.7. The number of hydrogen-bond acceptors (Lipinski definition) is 4. The van der Waals surface area contributed by atoms with Gasteiger partial charge in [0, 0.05) is 57.9 Å². The third-order valence-electron chi connectivity index (χ3n) is 5.27. The number of aromatic amines is 1. The van der Waals surface area contributed by atoms with Gasteiger partial charge >= 0.3 is 12.1 Å². The number of halogens is 3. The van der Waals surface area contributed by atoms with E-state index in [0.29, 0.717) is 6.54 Å². The minimum Gasteiger partial charge on any atom is -0.475 e. The molecule has 0 fully saturated rings. The second-order valence-corrected chi connectivity index (χ2v) is 7.80. The third-order valence-corrected chi connectivity index (χ3v) is 5.27. The van der Waals surface area contributed by atoms with E-state index < -0.39 is 12.1 Å². The first-order valence-corrected chi connectivity index (χ1v) is 9.77. The Labute approximate surface area is 182 Å². The second kappa shape index (κ2) is 9.03. The van der Waals surface area contributed by atoms with Gasteiger partial charge in [0.05, 0.1) is 23.6 Å². The molecule has 2 N–H and O–H groups in total. The van der Waals surface area contributed by atoms with Crippen LogP contribution in [0.1, 0.15) is 22.9 Å². The predicted molar refractivity (Wildman–Crippen MR) is 111 cm³/mol. The molecule has 1 amide bonds. The number of aliphatic carboxylic acids is 1. The van der Waals surface area contributed by atoms with Gasteiger partial charge in [-0.05, 0) is 17.7 Å². The molecule has 0 bridgehead atoms. The predicted octanol–water partition coefficient (Wildman–Crippen LogP) is 2.72. The summed E-state index contributed by atoms with van der Waals surface area (Å²) in [6.07, 6.45) is -1.30. The summed E-state index contributed by atoms with van der Waals surface area (Å²) in [5.41, 5.74) is 4.48. The van der Waals surface area contributed by atoms with Crippen LogP contribution in [0.5, 0.6) is 0 Å². The van der Waals surface area contributed by atoms with E-state index in [1.807, 2.05) is 38.2 Å². The number of alkyl halides is 3. The lowest BCUT2D eigenvalue weighted by atomic mass is 9.96. The van der Waals surface area contributed by atoms with Crippen LogP contribution in [0.3, 0.4) is 0 Å². The summed E-state index contributed by atoms with van der Waals surface area (Å²) < 4.78 is 33.7. The normalized spacial score (nSPS) is 16.2. The number of aryl methyl sites for hydroxylation is 1. The lowest BCUT2D eigenvalue weighted by Crippen LogP contribution is -2.41. The number of carbonyl (C=O) groups excluding carboxylic acids is 1. The van der Waals surface area contributed by atoms with Gasteiger partial charge in [-0.1, -0.05) is 12.1 Å². The topological polar surface area (TPSA) is 94.5 Å². The number of carboxylic acid groups (broad SMARTS) is 1. The number of fused-ring (bicyclic) bond motifs is 2. The molecule has 4 rings (SSSR count). The van der Waals surface area contributed by atoms with Gasteiger partial charge in [0.25, 0.3) is 0 Å². The van der Waals surface area contributed by atoms with Crippen molar-refractivity contribution in [2.24, 2.45) is 7.05 Å². The number of imidazole rings is 1. The minimum atomic E-state index is -5.08. The molecular formula is C21H24F3N5O3. The van der Waals surface area contributed by atoms with Crippen LogP contribution < -0.4 is 0 Å². The van der Waals surface area contributed by atoms with Crippen molar-refractivity contribution in [2.45, 2.75) is 25.2 Å². The smallest absolute Gasteiger partial charge is 0.475 e. The lowest BCUT2D eigenvalue weighted by Gasteiger charge is -2.33. The Morgan fingerprint density at radius 1 is 1.28 bits per heavy atom. The van der Waals surface area contributed by atoms with Crippen LogP contribution in [0, 0.1) is 0 Å². The molecule has 0 radical (unpaired) electrons. The van der Waals surface area contributed by atoms with Crippen molar-refractivity contribution in [3.63, 3.8) is 0 Å². The van der Waals surface area contributed by atoms with Crippen LogP contribution in [0.4, 0.5) is 13.2 Å². The maximum Gasteiger partial charge on any atom is 0.490 e. The van der Waals surface area contributed by atoms with Crippen LogP contribution in [0.15, 0.2) is 36.8 Å². The maximum absolute atomic E-state index is 12.7. The monoisotopic (exact) mass is 451 g/mol. The zero-order chi connectivity index (χ0) is 23.6. The van der Waals surface area contributed by atoms with Crippen molar-refractivity contribution in [3.8, 4) is 0 Å². The molecule has 0 saturated carbocycles. The average molecular weight is 451 g/mol. The fraction of sp³-hybridized carbons (Fsp3) is 0.381. The largest absolute Gasteiger partial charge is 0.490 e. The van der Waals surface area contributed by atoms with Gasteiger partial charge in [0.2, 0.25) is 5.91 Å². The quantitative estimate of drug-likeness (QED) is 0.639. The number of likely N-dealkylation sites (N-methyl/N-ethyl adjacent to an activating group) is 1. The average Bonchev–Trinajstić information content (AvgIpc) is 3.34. The minimum absolute atomic E-state index is 0.134. The fourth-order valence-electron chi connectivity index (χ4n) is 3.83. The van der Waals surface area contributed by atoms with Crippen LogP contribution in [0.2, 0.25) is 0 Å². The number of benzene rings is 1. The van der Waals surface area contributed by atoms with Gasteiger partial charge in [0.1, 0.15) is 0 Å². The lowest BCUT2D eigenvalue weighted by molar-refractivity contribution is -0.192. The van der Waals surface area contributed by atoms with Gasteiger partial charge < -0.3 is 19.6 Å². The molecule has 1 atom stereocenters. The summed E-state index contributed by atoms with van der Waals surface area (Å²) in [6, 6.07) is 8.44. The summed E-state index contributed by atoms with van der Waals surface area (Å²) in [4.78, 5) is 33.4. The summed E-state index contributed by atoms with van der Waals surface area (Å²) in [5, 5.41) is 8.37. The highest BCUT2D eigenvalue weighted by molar-refractivity contribution is 5.84. The van der Waals surface area contributed by atoms with E-state index in [1.165, 1.54) is 10.9 Å². The van der Waals surface area contributed by atoms with E-state index in [-0.39, 0.29) is 11.8 Å². The zero-order valence-corrected chi connectivity index (χ0v) is 17.8. The Morgan fingerprint density at radius 3 is 2.59 bits per heavy atom. The summed E-state index contributed by atoms with van der Waals surface area (Å²) >= 11 is 0. The van der Waals surface area contributed by atoms with Crippen LogP contribution in [-0.4, -0.2) is 68.1 Å². The summed E-state index contributed by atoms with van der Waals surface area (Å²) in [7, 11) is 5.60. The highest BCUT2D eigenvalue weighted by atomic mass is 19.4. The zero-order valence-electron chi connectivity index (χ0n) is 17.8. The van der Waals surface area contributed by atoms with Crippen molar-refractivity contribution in [2.75, 3.05) is 20.6 Å². The standard InChI is InChI=1S/C19H23N5O.C2HF3O2/c1-22(2)19(25)15-10-24(11-17-18(15)23(3)12-21-17)9-13-5-4-6-16-14(13)7-8-20-16;3-2(4,5)1(6)7/h4-8,12,15,20H,9-11H2,1-3H3;(H,6,7). The van der Waals surface area contributed by atoms with Crippen LogP contribution >= 0.6 is 0 Å². The van der Waals surface area contributed by atoms with Gasteiger partial charge in [-0.25, -0.2) is 9.78 Å². The molecule has 3 heterocycles. The van der Waals surface area contributed by atoms with Crippen molar-refractivity contribution in [3.05, 3.63) is 53.7 Å². The molecule has 1 aliphatic rings. The van der Waals surface area contributed by atoms with Gasteiger partial charge in [-0.3, -0.25) is 9.69 Å². The first-order chi connectivity index (χ1) is 15.0. The Morgan fingerprint density at radius 2 is 1.97 bits per heavy atom. The van der Waals surface area contributed by atoms with Crippen molar-refractivity contribution in [1.29, 1.82) is 0 Å². The Hall–Kier alpha value is -3.34. The van der Waals surface area contributed by atoms with Gasteiger partial charge in [0.15, 0.2) is 0 Å². The molecule has 1 aromatic carbocycles. The molecule has 0 saturated heterocycles. The number of nitrogens with one attached hydrogen (secondary N) is 1. The number of carboxylic acids is 1. The van der Waals surface area contributed by atoms with E-state index in [2.05, 4.69) is 39.1 Å². The molecule has 3 aromatic rings. The number of aromatic nitrogens is 3. The Bertz CT molecular complexity index is 1120. The third kappa shape index (κ3) is 4.93. The Balaban J connectivity index is 0.000000360. The van der Waals surface area contributed by atoms with E-state index in [4.69, 9.17) is 9.90 Å². The number of amides is 1. The molecule has 8 nitrogen and oxygen atoms in total. The highest BCUT2D eigenvalue weighted by Crippen LogP contribution is 2.30. The van der Waals surface area contributed by atoms with Gasteiger partial charge in [-0.15, -0.1) is 0 Å². The second-order valence-electron chi connectivity index (χ2n) is 7.80. The van der Waals surface area contributed by atoms with Crippen LogP contribution in [-0.2, 0) is 29.7 Å². The van der Waals surface area contributed by atoms with Crippen molar-refractivity contribution >= 4 is 22.8 Å². The van der Waals surface area contributed by atoms with E-state index >= 15 is 0 Å². The van der Waals surface area contributed by atoms with Crippen LogP contribution in [0.25, 0.3) is 10.9 Å². The molecule has 1 unspecified atom stereocenters. The van der Waals surface area contributed by atoms with E-state index in [1.54, 1.807) is 4.90 Å². The number of carbonyl (C=O) groups is 2. The van der Waals surface area contributed by atoms with Gasteiger partial charge in [-0.2, -0.15) is 13.2 Å². The Kier molecular flexibility index (Phi) is 6.58. The molecule has 0 spiro atoms. The first-order valence-electron chi connectivity index (χ1n) is 9.77. The number of rotatable bonds is 3. The molecule has 11 heteroatoms. The van der Waals surface area contributed by atoms with E-state index in [9.17, 15) is 18.0 Å². The first kappa shape index (κ1) is 23.3. The highest BCUT2D eigenvalue weighted by Gasteiger charge is 2.38. The van der Waals surface area contributed by atoms with E-state index in [0.717, 1.165) is 30.0 Å². The molecule has 32 heavy (non-hydrogen) atoms. The molecule has 172 valence electrons. The SMILES string of the molecule is CN(C)C(=O)C1CN(Cc2cccc3[nH]ccc23)Cc2ncn(C)c21.O=C(O)C(F)(F)F. The van der Waals surface area contributed by atoms with Crippen molar-refractivity contribution < 1.29 is 27.9 Å². The summed E-state index contributed by atoms with van der Waals surface area (Å²) in [6.45, 7) is 2.29. The number of nitrogens with zero attached hydrogens (tertiary/aromatic N) is 4. The fourth-order valence-corrected chi connectivity index (χ4v) is 3.83.